The summed E-state index contributed by atoms with van der Waals surface area (Å²) in [4.78, 5) is 16.8. The van der Waals surface area contributed by atoms with Gasteiger partial charge < -0.3 is 29.5 Å². The molecule has 6 rings (SSSR count). The number of rotatable bonds is 6. The van der Waals surface area contributed by atoms with E-state index in [0.717, 1.165) is 30.4 Å². The Balaban J connectivity index is 1.34. The fourth-order valence-electron chi connectivity index (χ4n) is 9.63. The number of aliphatic imine (C=N–C) groups is 1. The van der Waals surface area contributed by atoms with Gasteiger partial charge in [0.15, 0.2) is 0 Å². The Kier molecular flexibility index (Phi) is 6.83. The lowest BCUT2D eigenvalue weighted by Crippen LogP contribution is -2.68. The van der Waals surface area contributed by atoms with E-state index in [-0.39, 0.29) is 29.1 Å². The molecule has 1 heterocycles. The van der Waals surface area contributed by atoms with Crippen molar-refractivity contribution in [3.8, 4) is 11.5 Å². The van der Waals surface area contributed by atoms with Crippen LogP contribution in [-0.4, -0.2) is 65.6 Å². The van der Waals surface area contributed by atoms with Crippen molar-refractivity contribution >= 4 is 12.2 Å². The van der Waals surface area contributed by atoms with Gasteiger partial charge in [0.2, 0.25) is 0 Å². The molecule has 4 aliphatic carbocycles. The Morgan fingerprint density at radius 2 is 1.73 bits per heavy atom. The van der Waals surface area contributed by atoms with Crippen molar-refractivity contribution in [2.24, 2.45) is 33.6 Å². The predicted molar refractivity (Wildman–Crippen MR) is 149 cm³/mol. The average Bonchev–Trinajstić information content (AvgIpc) is 3.48. The number of ether oxygens (including phenoxy) is 3. The molecule has 5 aliphatic rings. The standard InChI is InChI=1S/C32H43NO7/c1-29-8-5-26-27(32(29,37)11-7-25(29)21-14-28(35)40-18-21)6-10-31(36)16-22(34)4-9-30(26,31)19-33-17-20-12-23(38-2)15-24(13-20)39-3/h12-15,19,22,25-27,34,36-37H,4-11,16-18H2,1-3H3/t22-,25-,26-,27+,29+,30-,31+,32-/m0/s1. The second-order valence-corrected chi connectivity index (χ2v) is 13.2. The summed E-state index contributed by atoms with van der Waals surface area (Å²) in [6.45, 7) is 2.94. The molecule has 0 radical (unpaired) electrons. The van der Waals surface area contributed by atoms with E-state index in [9.17, 15) is 20.1 Å². The number of benzene rings is 1. The summed E-state index contributed by atoms with van der Waals surface area (Å²) in [7, 11) is 3.25. The first kappa shape index (κ1) is 27.7. The number of hydrogen-bond donors (Lipinski definition) is 3. The minimum absolute atomic E-state index is 0.00811. The zero-order valence-electron chi connectivity index (χ0n) is 23.9. The molecule has 8 nitrogen and oxygen atoms in total. The SMILES string of the molecule is COc1cc(CN=C[C@]23CC[C@H](O)C[C@]2(O)CC[C@@H]2[C@@H]3CC[C@]3(C)[C@H](C4=CC(=O)OC4)CC[C@]23O)cc(OC)c1. The number of aliphatic hydroxyl groups excluding tert-OH is 1. The van der Waals surface area contributed by atoms with Crippen LogP contribution in [0, 0.1) is 28.6 Å². The summed E-state index contributed by atoms with van der Waals surface area (Å²) in [5, 5.41) is 35.4. The van der Waals surface area contributed by atoms with Gasteiger partial charge >= 0.3 is 5.97 Å². The Morgan fingerprint density at radius 3 is 2.40 bits per heavy atom. The van der Waals surface area contributed by atoms with Gasteiger partial charge in [-0.05, 0) is 92.4 Å². The molecule has 8 heteroatoms. The molecule has 4 saturated carbocycles. The minimum atomic E-state index is -1.07. The lowest BCUT2D eigenvalue weighted by molar-refractivity contribution is -0.237. The highest BCUT2D eigenvalue weighted by molar-refractivity contribution is 5.85. The monoisotopic (exact) mass is 553 g/mol. The van der Waals surface area contributed by atoms with E-state index in [1.807, 2.05) is 24.4 Å². The molecule has 218 valence electrons. The highest BCUT2D eigenvalue weighted by atomic mass is 16.5. The van der Waals surface area contributed by atoms with Gasteiger partial charge in [0.05, 0.1) is 38.1 Å². The summed E-state index contributed by atoms with van der Waals surface area (Å²) < 4.78 is 16.1. The van der Waals surface area contributed by atoms with Gasteiger partial charge in [0.1, 0.15) is 18.1 Å². The van der Waals surface area contributed by atoms with E-state index >= 15 is 0 Å². The first-order valence-corrected chi connectivity index (χ1v) is 14.8. The fourth-order valence-corrected chi connectivity index (χ4v) is 9.63. The third-order valence-corrected chi connectivity index (χ3v) is 11.6. The van der Waals surface area contributed by atoms with E-state index < -0.39 is 22.7 Å². The first-order chi connectivity index (χ1) is 19.1. The van der Waals surface area contributed by atoms with Gasteiger partial charge in [-0.15, -0.1) is 0 Å². The molecule has 0 saturated heterocycles. The lowest BCUT2D eigenvalue weighted by Gasteiger charge is -2.65. The zero-order chi connectivity index (χ0) is 28.3. The maximum atomic E-state index is 12.6. The molecular weight excluding hydrogens is 510 g/mol. The molecule has 1 aromatic rings. The topological polar surface area (TPSA) is 118 Å². The van der Waals surface area contributed by atoms with Gasteiger partial charge in [-0.2, -0.15) is 0 Å². The summed E-state index contributed by atoms with van der Waals surface area (Å²) >= 11 is 0. The molecular formula is C32H43NO7. The third-order valence-electron chi connectivity index (χ3n) is 11.6. The van der Waals surface area contributed by atoms with Crippen LogP contribution in [0.3, 0.4) is 0 Å². The highest BCUT2D eigenvalue weighted by Gasteiger charge is 2.71. The second kappa shape index (κ2) is 9.85. The maximum Gasteiger partial charge on any atom is 0.331 e. The van der Waals surface area contributed by atoms with E-state index in [2.05, 4.69) is 6.92 Å². The molecule has 0 aromatic heterocycles. The smallest absolute Gasteiger partial charge is 0.331 e. The molecule has 0 amide bonds. The fraction of sp³-hybridized carbons (Fsp3) is 0.688. The number of cyclic esters (lactones) is 1. The van der Waals surface area contributed by atoms with Gasteiger partial charge in [-0.1, -0.05) is 6.92 Å². The molecule has 1 aromatic carbocycles. The maximum absolute atomic E-state index is 12.6. The average molecular weight is 554 g/mol. The van der Waals surface area contributed by atoms with E-state index in [1.54, 1.807) is 20.3 Å². The number of carbonyl (C=O) groups excluding carboxylic acids is 1. The minimum Gasteiger partial charge on any atom is -0.497 e. The van der Waals surface area contributed by atoms with E-state index in [0.29, 0.717) is 63.2 Å². The van der Waals surface area contributed by atoms with Crippen LogP contribution in [0.25, 0.3) is 0 Å². The Labute approximate surface area is 236 Å². The Hall–Kier alpha value is -2.42. The number of esters is 1. The van der Waals surface area contributed by atoms with Gasteiger partial charge in [0.25, 0.3) is 0 Å². The Morgan fingerprint density at radius 1 is 1.00 bits per heavy atom. The van der Waals surface area contributed by atoms with Crippen molar-refractivity contribution in [1.82, 2.24) is 0 Å². The molecule has 0 bridgehead atoms. The van der Waals surface area contributed by atoms with Crippen LogP contribution in [0.15, 0.2) is 34.8 Å². The molecule has 1 aliphatic heterocycles. The lowest BCUT2D eigenvalue weighted by atomic mass is 9.41. The van der Waals surface area contributed by atoms with Crippen molar-refractivity contribution < 1.29 is 34.3 Å². The third kappa shape index (κ3) is 4.04. The van der Waals surface area contributed by atoms with Crippen LogP contribution >= 0.6 is 0 Å². The summed E-state index contributed by atoms with van der Waals surface area (Å²) in [6.07, 6.45) is 9.09. The number of nitrogens with zero attached hydrogens (tertiary/aromatic N) is 1. The number of aliphatic hydroxyl groups is 3. The van der Waals surface area contributed by atoms with Crippen molar-refractivity contribution in [3.05, 3.63) is 35.4 Å². The molecule has 0 unspecified atom stereocenters. The molecule has 8 atom stereocenters. The second-order valence-electron chi connectivity index (χ2n) is 13.2. The predicted octanol–water partition coefficient (Wildman–Crippen LogP) is 3.99. The first-order valence-electron chi connectivity index (χ1n) is 14.8. The van der Waals surface area contributed by atoms with Gasteiger partial charge in [-0.25, -0.2) is 4.79 Å². The van der Waals surface area contributed by atoms with Crippen LogP contribution in [0.5, 0.6) is 11.5 Å². The van der Waals surface area contributed by atoms with Crippen LogP contribution in [-0.2, 0) is 16.1 Å². The van der Waals surface area contributed by atoms with Gasteiger partial charge in [-0.3, -0.25) is 4.99 Å². The van der Waals surface area contributed by atoms with Gasteiger partial charge in [0, 0.05) is 35.6 Å². The van der Waals surface area contributed by atoms with Crippen LogP contribution < -0.4 is 9.47 Å². The molecule has 40 heavy (non-hydrogen) atoms. The molecule has 0 spiro atoms. The van der Waals surface area contributed by atoms with Crippen molar-refractivity contribution in [3.63, 3.8) is 0 Å². The Bertz CT molecular complexity index is 1210. The van der Waals surface area contributed by atoms with E-state index in [1.165, 1.54) is 0 Å². The number of hydrogen-bond acceptors (Lipinski definition) is 8. The van der Waals surface area contributed by atoms with Crippen LogP contribution in [0.1, 0.15) is 70.3 Å². The highest BCUT2D eigenvalue weighted by Crippen LogP contribution is 2.70. The summed E-state index contributed by atoms with van der Waals surface area (Å²) in [5.41, 5.74) is -0.986. The largest absolute Gasteiger partial charge is 0.497 e. The quantitative estimate of drug-likeness (QED) is 0.360. The molecule has 4 fully saturated rings. The molecule has 3 N–H and O–H groups in total. The summed E-state index contributed by atoms with van der Waals surface area (Å²) in [6, 6.07) is 5.71. The van der Waals surface area contributed by atoms with Crippen LogP contribution in [0.2, 0.25) is 0 Å². The van der Waals surface area contributed by atoms with Crippen molar-refractivity contribution in [2.75, 3.05) is 20.8 Å². The van der Waals surface area contributed by atoms with E-state index in [4.69, 9.17) is 19.2 Å². The number of carbonyl (C=O) groups is 1. The summed E-state index contributed by atoms with van der Waals surface area (Å²) in [5.74, 6) is 1.29. The number of methoxy groups -OCH3 is 2. The van der Waals surface area contributed by atoms with Crippen molar-refractivity contribution in [1.29, 1.82) is 0 Å². The zero-order valence-corrected chi connectivity index (χ0v) is 23.9. The van der Waals surface area contributed by atoms with Crippen LogP contribution in [0.4, 0.5) is 0 Å². The number of fused-ring (bicyclic) bond motifs is 5. The normalized spacial score (nSPS) is 42.5. The van der Waals surface area contributed by atoms with Crippen molar-refractivity contribution in [2.45, 2.75) is 88.6 Å².